The number of thioether (sulfide) groups is 1. The van der Waals surface area contributed by atoms with Crippen molar-refractivity contribution in [3.05, 3.63) is 65.0 Å². The summed E-state index contributed by atoms with van der Waals surface area (Å²) >= 11 is 1.73. The molecule has 0 amide bonds. The van der Waals surface area contributed by atoms with Crippen molar-refractivity contribution < 1.29 is 4.39 Å². The molecule has 0 spiro atoms. The molecule has 2 rings (SSSR count). The Hall–Kier alpha value is -1.76. The molecule has 0 aliphatic rings. The van der Waals surface area contributed by atoms with Gasteiger partial charge in [-0.05, 0) is 36.8 Å². The fourth-order valence-electron chi connectivity index (χ4n) is 1.71. The smallest absolute Gasteiger partial charge is 0.138 e. The van der Waals surface area contributed by atoms with E-state index in [1.165, 1.54) is 16.5 Å². The third-order valence-corrected chi connectivity index (χ3v) is 3.87. The van der Waals surface area contributed by atoms with Crippen molar-refractivity contribution in [2.45, 2.75) is 17.6 Å². The summed E-state index contributed by atoms with van der Waals surface area (Å²) in [6, 6.07) is 13.4. The van der Waals surface area contributed by atoms with Crippen LogP contribution in [-0.2, 0) is 5.75 Å². The van der Waals surface area contributed by atoms with Gasteiger partial charge in [0.1, 0.15) is 5.82 Å². The summed E-state index contributed by atoms with van der Waals surface area (Å²) in [6.07, 6.45) is 0. The molecule has 0 unspecified atom stereocenters. The van der Waals surface area contributed by atoms with Crippen molar-refractivity contribution in [2.75, 3.05) is 6.54 Å². The monoisotopic (exact) mass is 285 g/mol. The van der Waals surface area contributed by atoms with Crippen LogP contribution in [0.15, 0.2) is 47.4 Å². The lowest BCUT2D eigenvalue weighted by Crippen LogP contribution is -1.94. The minimum absolute atomic E-state index is 0.238. The molecule has 0 radical (unpaired) electrons. The predicted molar refractivity (Wildman–Crippen MR) is 83.1 cm³/mol. The summed E-state index contributed by atoms with van der Waals surface area (Å²) < 4.78 is 13.6. The van der Waals surface area contributed by atoms with Gasteiger partial charge in [0.2, 0.25) is 0 Å². The zero-order valence-electron chi connectivity index (χ0n) is 11.3. The first-order chi connectivity index (χ1) is 9.69. The Labute approximate surface area is 123 Å². The average Bonchev–Trinajstić information content (AvgIpc) is 2.46. The minimum Gasteiger partial charge on any atom is -0.320 e. The first-order valence-corrected chi connectivity index (χ1v) is 7.34. The Kier molecular flexibility index (Phi) is 5.23. The Balaban J connectivity index is 2.08. The van der Waals surface area contributed by atoms with Crippen LogP contribution in [-0.4, -0.2) is 6.54 Å². The van der Waals surface area contributed by atoms with Crippen LogP contribution in [0.25, 0.3) is 0 Å². The second-order valence-electron chi connectivity index (χ2n) is 4.42. The van der Waals surface area contributed by atoms with E-state index in [0.29, 0.717) is 5.56 Å². The first-order valence-electron chi connectivity index (χ1n) is 6.36. The number of hydrogen-bond donors (Lipinski definition) is 1. The molecule has 3 heteroatoms. The summed E-state index contributed by atoms with van der Waals surface area (Å²) in [5.41, 5.74) is 8.03. The van der Waals surface area contributed by atoms with Gasteiger partial charge in [0.25, 0.3) is 0 Å². The molecule has 2 aromatic carbocycles. The molecule has 0 aliphatic carbocycles. The van der Waals surface area contributed by atoms with E-state index in [9.17, 15) is 4.39 Å². The Morgan fingerprint density at radius 2 is 1.90 bits per heavy atom. The average molecular weight is 285 g/mol. The zero-order valence-corrected chi connectivity index (χ0v) is 12.1. The number of halogens is 1. The quantitative estimate of drug-likeness (QED) is 0.687. The second kappa shape index (κ2) is 7.14. The van der Waals surface area contributed by atoms with Crippen molar-refractivity contribution in [3.63, 3.8) is 0 Å². The third-order valence-electron chi connectivity index (χ3n) is 2.78. The molecule has 0 bridgehead atoms. The topological polar surface area (TPSA) is 26.0 Å². The van der Waals surface area contributed by atoms with Crippen LogP contribution in [0.2, 0.25) is 0 Å². The van der Waals surface area contributed by atoms with Crippen LogP contribution >= 0.6 is 11.8 Å². The van der Waals surface area contributed by atoms with Gasteiger partial charge < -0.3 is 5.73 Å². The summed E-state index contributed by atoms with van der Waals surface area (Å²) in [5.74, 6) is 5.94. The van der Waals surface area contributed by atoms with Gasteiger partial charge >= 0.3 is 0 Å². The minimum atomic E-state index is -0.296. The van der Waals surface area contributed by atoms with Crippen molar-refractivity contribution in [3.8, 4) is 11.8 Å². The summed E-state index contributed by atoms with van der Waals surface area (Å²) in [7, 11) is 0. The van der Waals surface area contributed by atoms with E-state index in [2.05, 4.69) is 43.0 Å². The van der Waals surface area contributed by atoms with Gasteiger partial charge in [0.05, 0.1) is 12.1 Å². The van der Waals surface area contributed by atoms with E-state index < -0.39 is 0 Å². The Bertz CT molecular complexity index is 638. The lowest BCUT2D eigenvalue weighted by Gasteiger charge is -2.04. The summed E-state index contributed by atoms with van der Waals surface area (Å²) in [6.45, 7) is 2.30. The highest BCUT2D eigenvalue weighted by Gasteiger charge is 2.02. The second-order valence-corrected chi connectivity index (χ2v) is 5.47. The number of hydrogen-bond acceptors (Lipinski definition) is 2. The maximum Gasteiger partial charge on any atom is 0.138 e. The number of benzene rings is 2. The maximum absolute atomic E-state index is 13.6. The zero-order chi connectivity index (χ0) is 14.4. The van der Waals surface area contributed by atoms with Crippen LogP contribution in [0.5, 0.6) is 0 Å². The number of nitrogens with two attached hydrogens (primary N) is 1. The van der Waals surface area contributed by atoms with Crippen LogP contribution in [0.1, 0.15) is 16.7 Å². The van der Waals surface area contributed by atoms with Gasteiger partial charge in [-0.3, -0.25) is 0 Å². The lowest BCUT2D eigenvalue weighted by molar-refractivity contribution is 0.624. The van der Waals surface area contributed by atoms with Crippen molar-refractivity contribution in [1.82, 2.24) is 0 Å². The van der Waals surface area contributed by atoms with Gasteiger partial charge in [0, 0.05) is 10.6 Å². The Morgan fingerprint density at radius 1 is 1.15 bits per heavy atom. The number of rotatable bonds is 3. The van der Waals surface area contributed by atoms with E-state index in [-0.39, 0.29) is 12.4 Å². The molecule has 0 atom stereocenters. The van der Waals surface area contributed by atoms with E-state index in [1.54, 1.807) is 23.9 Å². The molecule has 0 aromatic heterocycles. The fraction of sp³-hybridized carbons (Fsp3) is 0.176. The fourth-order valence-corrected chi connectivity index (χ4v) is 2.55. The highest BCUT2D eigenvalue weighted by Crippen LogP contribution is 2.23. The first kappa shape index (κ1) is 14.6. The van der Waals surface area contributed by atoms with Gasteiger partial charge in [-0.25, -0.2) is 4.39 Å². The Morgan fingerprint density at radius 3 is 2.60 bits per heavy atom. The molecular weight excluding hydrogens is 269 g/mol. The molecule has 0 aliphatic heterocycles. The predicted octanol–water partition coefficient (Wildman–Crippen LogP) is 3.74. The SMILES string of the molecule is Cc1ccc(SCc2ccc(F)c(C#CCN)c2)cc1. The molecule has 1 nitrogen and oxygen atoms in total. The van der Waals surface area contributed by atoms with Crippen LogP contribution in [0, 0.1) is 24.6 Å². The van der Waals surface area contributed by atoms with E-state index in [0.717, 1.165) is 11.3 Å². The highest BCUT2D eigenvalue weighted by molar-refractivity contribution is 7.98. The maximum atomic E-state index is 13.6. The lowest BCUT2D eigenvalue weighted by atomic mass is 10.1. The van der Waals surface area contributed by atoms with Crippen molar-refractivity contribution >= 4 is 11.8 Å². The van der Waals surface area contributed by atoms with Crippen molar-refractivity contribution in [2.24, 2.45) is 5.73 Å². The third kappa shape index (κ3) is 4.12. The van der Waals surface area contributed by atoms with Crippen LogP contribution in [0.4, 0.5) is 4.39 Å². The standard InChI is InChI=1S/C17H16FNS/c1-13-4-7-16(8-5-13)20-12-14-6-9-17(18)15(11-14)3-2-10-19/h4-9,11H,10,12,19H2,1H3. The van der Waals surface area contributed by atoms with Crippen LogP contribution < -0.4 is 5.73 Å². The van der Waals surface area contributed by atoms with E-state index in [1.807, 2.05) is 0 Å². The van der Waals surface area contributed by atoms with E-state index in [4.69, 9.17) is 5.73 Å². The molecule has 2 N–H and O–H groups in total. The molecule has 0 fully saturated rings. The molecular formula is C17H16FNS. The van der Waals surface area contributed by atoms with Gasteiger partial charge in [-0.15, -0.1) is 11.8 Å². The molecule has 0 saturated carbocycles. The highest BCUT2D eigenvalue weighted by atomic mass is 32.2. The normalized spacial score (nSPS) is 9.95. The largest absolute Gasteiger partial charge is 0.320 e. The van der Waals surface area contributed by atoms with Gasteiger partial charge in [-0.1, -0.05) is 35.6 Å². The molecule has 0 heterocycles. The molecule has 2 aromatic rings. The van der Waals surface area contributed by atoms with Crippen LogP contribution in [0.3, 0.4) is 0 Å². The number of aryl methyl sites for hydroxylation is 1. The summed E-state index contributed by atoms with van der Waals surface area (Å²) in [4.78, 5) is 1.20. The summed E-state index contributed by atoms with van der Waals surface area (Å²) in [5, 5.41) is 0. The molecule has 102 valence electrons. The van der Waals surface area contributed by atoms with E-state index >= 15 is 0 Å². The van der Waals surface area contributed by atoms with Crippen molar-refractivity contribution in [1.29, 1.82) is 0 Å². The van der Waals surface area contributed by atoms with Gasteiger partial charge in [-0.2, -0.15) is 0 Å². The van der Waals surface area contributed by atoms with Gasteiger partial charge in [0.15, 0.2) is 0 Å². The molecule has 20 heavy (non-hydrogen) atoms. The molecule has 0 saturated heterocycles.